The first-order chi connectivity index (χ1) is 14.9. The van der Waals surface area contributed by atoms with Crippen LogP contribution in [0.5, 0.6) is 11.5 Å². The van der Waals surface area contributed by atoms with Gasteiger partial charge >= 0.3 is 5.97 Å². The van der Waals surface area contributed by atoms with Crippen molar-refractivity contribution in [2.24, 2.45) is 0 Å². The van der Waals surface area contributed by atoms with Gasteiger partial charge in [0.15, 0.2) is 11.5 Å². The number of esters is 1. The summed E-state index contributed by atoms with van der Waals surface area (Å²) in [5.74, 6) is 0.473. The molecule has 31 heavy (non-hydrogen) atoms. The number of ether oxygens (including phenoxy) is 3. The minimum atomic E-state index is -0.488. The highest BCUT2D eigenvalue weighted by Crippen LogP contribution is 2.39. The molecule has 0 saturated carbocycles. The maximum absolute atomic E-state index is 12.8. The number of benzene rings is 1. The fraction of sp³-hybridized carbons (Fsp3) is 0.238. The number of fused-ring (bicyclic) bond motifs is 1. The zero-order chi connectivity index (χ0) is 22.1. The highest BCUT2D eigenvalue weighted by atomic mass is 35.5. The van der Waals surface area contributed by atoms with Gasteiger partial charge in [0.05, 0.1) is 22.1 Å². The van der Waals surface area contributed by atoms with Crippen LogP contribution >= 0.6 is 45.9 Å². The number of carbonyl (C=O) groups is 2. The van der Waals surface area contributed by atoms with Gasteiger partial charge in [-0.3, -0.25) is 4.79 Å². The van der Waals surface area contributed by atoms with Crippen molar-refractivity contribution in [1.29, 1.82) is 0 Å². The predicted molar refractivity (Wildman–Crippen MR) is 123 cm³/mol. The summed E-state index contributed by atoms with van der Waals surface area (Å²) >= 11 is 14.5. The van der Waals surface area contributed by atoms with Gasteiger partial charge in [0, 0.05) is 11.3 Å². The Balaban J connectivity index is 1.66. The molecule has 0 aliphatic carbocycles. The Morgan fingerprint density at radius 1 is 1.16 bits per heavy atom. The number of carbonyl (C=O) groups excluding carboxylic acids is 2. The number of hydrogen-bond donors (Lipinski definition) is 1. The molecule has 1 N–H and O–H groups in total. The predicted octanol–water partition coefficient (Wildman–Crippen LogP) is 6.17. The molecule has 162 valence electrons. The summed E-state index contributed by atoms with van der Waals surface area (Å²) in [6.45, 7) is 4.01. The molecular formula is C21H17Cl2NO5S2. The van der Waals surface area contributed by atoms with Crippen LogP contribution in [0.25, 0.3) is 0 Å². The molecule has 3 aromatic rings. The summed E-state index contributed by atoms with van der Waals surface area (Å²) in [7, 11) is 0. The summed E-state index contributed by atoms with van der Waals surface area (Å²) in [5, 5.41) is 3.22. The smallest absolute Gasteiger partial charge is 0.341 e. The van der Waals surface area contributed by atoms with Crippen molar-refractivity contribution in [2.45, 2.75) is 20.3 Å². The second kappa shape index (κ2) is 9.08. The SMILES string of the molecule is CCOC(=O)c1c(NC(=O)c2cc(Cl)sc2Cl)sc(Cc2ccc3c(c2)OCO3)c1C. The van der Waals surface area contributed by atoms with Gasteiger partial charge in [0.2, 0.25) is 6.79 Å². The Labute approximate surface area is 196 Å². The van der Waals surface area contributed by atoms with E-state index < -0.39 is 11.9 Å². The van der Waals surface area contributed by atoms with Crippen molar-refractivity contribution in [1.82, 2.24) is 0 Å². The van der Waals surface area contributed by atoms with Gasteiger partial charge in [-0.1, -0.05) is 29.3 Å². The fourth-order valence-corrected chi connectivity index (χ4v) is 5.85. The minimum absolute atomic E-state index is 0.204. The van der Waals surface area contributed by atoms with Gasteiger partial charge in [0.1, 0.15) is 9.34 Å². The van der Waals surface area contributed by atoms with Gasteiger partial charge in [-0.05, 0) is 43.2 Å². The monoisotopic (exact) mass is 497 g/mol. The largest absolute Gasteiger partial charge is 0.462 e. The van der Waals surface area contributed by atoms with Gasteiger partial charge in [-0.2, -0.15) is 0 Å². The molecule has 0 saturated heterocycles. The summed E-state index contributed by atoms with van der Waals surface area (Å²) < 4.78 is 16.7. The Morgan fingerprint density at radius 2 is 1.94 bits per heavy atom. The molecule has 6 nitrogen and oxygen atoms in total. The molecular weight excluding hydrogens is 481 g/mol. The molecule has 0 fully saturated rings. The van der Waals surface area contributed by atoms with E-state index in [1.807, 2.05) is 25.1 Å². The highest BCUT2D eigenvalue weighted by molar-refractivity contribution is 7.20. The van der Waals surface area contributed by atoms with Crippen molar-refractivity contribution in [3.63, 3.8) is 0 Å². The average Bonchev–Trinajstić information content (AvgIpc) is 3.39. The lowest BCUT2D eigenvalue weighted by Crippen LogP contribution is -2.14. The second-order valence-electron chi connectivity index (χ2n) is 6.63. The van der Waals surface area contributed by atoms with Crippen molar-refractivity contribution < 1.29 is 23.8 Å². The second-order valence-corrected chi connectivity index (χ2v) is 10.0. The lowest BCUT2D eigenvalue weighted by atomic mass is 10.1. The van der Waals surface area contributed by atoms with Gasteiger partial charge < -0.3 is 19.5 Å². The van der Waals surface area contributed by atoms with Crippen molar-refractivity contribution in [2.75, 3.05) is 18.7 Å². The third-order valence-electron chi connectivity index (χ3n) is 4.66. The van der Waals surface area contributed by atoms with Gasteiger partial charge in [-0.25, -0.2) is 4.79 Å². The maximum atomic E-state index is 12.8. The number of hydrogen-bond acceptors (Lipinski definition) is 7. The molecule has 3 heterocycles. The molecule has 1 amide bonds. The van der Waals surface area contributed by atoms with E-state index in [2.05, 4.69) is 5.32 Å². The van der Waals surface area contributed by atoms with Crippen LogP contribution in [0.1, 0.15) is 43.6 Å². The van der Waals surface area contributed by atoms with Crippen LogP contribution < -0.4 is 14.8 Å². The number of nitrogens with one attached hydrogen (secondary N) is 1. The topological polar surface area (TPSA) is 73.9 Å². The minimum Gasteiger partial charge on any atom is -0.462 e. The molecule has 0 radical (unpaired) electrons. The van der Waals surface area contributed by atoms with E-state index in [-0.39, 0.29) is 23.3 Å². The quantitative estimate of drug-likeness (QED) is 0.412. The fourth-order valence-electron chi connectivity index (χ4n) is 3.17. The van der Waals surface area contributed by atoms with Crippen LogP contribution in [0.3, 0.4) is 0 Å². The number of halogens is 2. The molecule has 1 aromatic carbocycles. The number of thiophene rings is 2. The Kier molecular flexibility index (Phi) is 6.43. The van der Waals surface area contributed by atoms with Gasteiger partial charge in [0.25, 0.3) is 5.91 Å². The number of amides is 1. The van der Waals surface area contributed by atoms with E-state index in [1.54, 1.807) is 6.92 Å². The lowest BCUT2D eigenvalue weighted by Gasteiger charge is -2.07. The Hall–Kier alpha value is -2.26. The zero-order valence-corrected chi connectivity index (χ0v) is 19.7. The first-order valence-corrected chi connectivity index (χ1v) is 11.7. The van der Waals surface area contributed by atoms with E-state index >= 15 is 0 Å². The van der Waals surface area contributed by atoms with Crippen LogP contribution in [0.2, 0.25) is 8.67 Å². The van der Waals surface area contributed by atoms with Crippen LogP contribution in [-0.4, -0.2) is 25.3 Å². The summed E-state index contributed by atoms with van der Waals surface area (Å²) in [6.07, 6.45) is 0.556. The van der Waals surface area contributed by atoms with E-state index in [9.17, 15) is 9.59 Å². The van der Waals surface area contributed by atoms with Crippen LogP contribution in [0.15, 0.2) is 24.3 Å². The third kappa shape index (κ3) is 4.52. The third-order valence-corrected chi connectivity index (χ3v) is 7.35. The van der Waals surface area contributed by atoms with E-state index in [1.165, 1.54) is 17.4 Å². The highest BCUT2D eigenvalue weighted by Gasteiger charge is 2.25. The maximum Gasteiger partial charge on any atom is 0.341 e. The molecule has 0 bridgehead atoms. The molecule has 2 aromatic heterocycles. The molecule has 0 spiro atoms. The number of rotatable bonds is 6. The molecule has 10 heteroatoms. The van der Waals surface area contributed by atoms with Crippen LogP contribution in [0.4, 0.5) is 5.00 Å². The molecule has 4 rings (SSSR count). The van der Waals surface area contributed by atoms with E-state index in [4.69, 9.17) is 37.4 Å². The van der Waals surface area contributed by atoms with Crippen molar-refractivity contribution >= 4 is 62.8 Å². The van der Waals surface area contributed by atoms with Crippen LogP contribution in [-0.2, 0) is 11.2 Å². The standard InChI is InChI=1S/C21H17Cl2NO5S2/c1-3-27-21(26)17-10(2)15(7-11-4-5-13-14(6-11)29-9-28-13)30-20(17)24-19(25)12-8-16(22)31-18(12)23/h4-6,8H,3,7,9H2,1-2H3,(H,24,25). The van der Waals surface area contributed by atoms with E-state index in [0.717, 1.165) is 27.3 Å². The molecule has 1 aliphatic heterocycles. The molecule has 1 aliphatic rings. The van der Waals surface area contributed by atoms with Crippen molar-refractivity contribution in [3.05, 3.63) is 60.1 Å². The first-order valence-electron chi connectivity index (χ1n) is 9.31. The molecule has 0 atom stereocenters. The Bertz CT molecular complexity index is 1170. The zero-order valence-electron chi connectivity index (χ0n) is 16.5. The summed E-state index contributed by atoms with van der Waals surface area (Å²) in [6, 6.07) is 7.22. The average molecular weight is 498 g/mol. The van der Waals surface area contributed by atoms with Gasteiger partial charge in [-0.15, -0.1) is 22.7 Å². The summed E-state index contributed by atoms with van der Waals surface area (Å²) in [5.41, 5.74) is 2.35. The summed E-state index contributed by atoms with van der Waals surface area (Å²) in [4.78, 5) is 26.3. The van der Waals surface area contributed by atoms with Crippen molar-refractivity contribution in [3.8, 4) is 11.5 Å². The first kappa shape index (κ1) is 22.0. The normalized spacial score (nSPS) is 12.1. The Morgan fingerprint density at radius 3 is 2.65 bits per heavy atom. The lowest BCUT2D eigenvalue weighted by molar-refractivity contribution is 0.0527. The number of anilines is 1. The van der Waals surface area contributed by atoms with E-state index in [0.29, 0.717) is 32.8 Å². The van der Waals surface area contributed by atoms with Crippen LogP contribution in [0, 0.1) is 6.92 Å². The molecule has 0 unspecified atom stereocenters.